The molecule has 0 atom stereocenters. The van der Waals surface area contributed by atoms with E-state index in [1.54, 1.807) is 0 Å². The SMILES string of the molecule is CCC1(CC)CN(Cc2ccccc2)C2(CCCCC2)CN1. The van der Waals surface area contributed by atoms with Crippen molar-refractivity contribution in [2.24, 2.45) is 0 Å². The molecule has 0 aromatic heterocycles. The fraction of sp³-hybridized carbons (Fsp3) is 0.700. The zero-order chi connectivity index (χ0) is 15.5. The minimum absolute atomic E-state index is 0.317. The normalized spacial score (nSPS) is 24.5. The molecule has 1 saturated heterocycles. The maximum Gasteiger partial charge on any atom is 0.0338 e. The van der Waals surface area contributed by atoms with Gasteiger partial charge in [0.05, 0.1) is 0 Å². The first-order chi connectivity index (χ1) is 10.7. The summed E-state index contributed by atoms with van der Waals surface area (Å²) in [6.45, 7) is 8.19. The van der Waals surface area contributed by atoms with Crippen LogP contribution in [0.3, 0.4) is 0 Å². The van der Waals surface area contributed by atoms with Crippen molar-refractivity contribution >= 4 is 0 Å². The van der Waals surface area contributed by atoms with Gasteiger partial charge in [-0.25, -0.2) is 0 Å². The second kappa shape index (κ2) is 6.72. The van der Waals surface area contributed by atoms with E-state index in [-0.39, 0.29) is 0 Å². The maximum absolute atomic E-state index is 3.97. The Morgan fingerprint density at radius 1 is 1.00 bits per heavy atom. The molecule has 1 spiro atoms. The van der Waals surface area contributed by atoms with Crippen LogP contribution in [0.4, 0.5) is 0 Å². The molecule has 3 rings (SSSR count). The summed E-state index contributed by atoms with van der Waals surface area (Å²) in [5.41, 5.74) is 2.19. The Morgan fingerprint density at radius 3 is 2.32 bits per heavy atom. The van der Waals surface area contributed by atoms with Crippen LogP contribution in [0.25, 0.3) is 0 Å². The zero-order valence-electron chi connectivity index (χ0n) is 14.4. The molecule has 2 nitrogen and oxygen atoms in total. The van der Waals surface area contributed by atoms with Crippen LogP contribution in [0.15, 0.2) is 30.3 Å². The van der Waals surface area contributed by atoms with E-state index >= 15 is 0 Å². The van der Waals surface area contributed by atoms with E-state index < -0.39 is 0 Å². The lowest BCUT2D eigenvalue weighted by molar-refractivity contribution is -0.0277. The molecule has 2 aliphatic rings. The highest BCUT2D eigenvalue weighted by atomic mass is 15.3. The number of piperazine rings is 1. The van der Waals surface area contributed by atoms with Crippen molar-refractivity contribution in [3.8, 4) is 0 Å². The smallest absolute Gasteiger partial charge is 0.0338 e. The highest BCUT2D eigenvalue weighted by molar-refractivity contribution is 5.16. The zero-order valence-corrected chi connectivity index (χ0v) is 14.4. The molecule has 2 fully saturated rings. The van der Waals surface area contributed by atoms with Gasteiger partial charge in [-0.15, -0.1) is 0 Å². The van der Waals surface area contributed by atoms with Gasteiger partial charge in [-0.1, -0.05) is 63.4 Å². The molecule has 1 aromatic carbocycles. The van der Waals surface area contributed by atoms with E-state index in [2.05, 4.69) is 54.4 Å². The van der Waals surface area contributed by atoms with Crippen molar-refractivity contribution in [3.63, 3.8) is 0 Å². The molecule has 1 aliphatic heterocycles. The molecule has 2 heteroatoms. The molecule has 1 saturated carbocycles. The molecule has 0 amide bonds. The highest BCUT2D eigenvalue weighted by Gasteiger charge is 2.46. The summed E-state index contributed by atoms with van der Waals surface area (Å²) in [5, 5.41) is 3.97. The van der Waals surface area contributed by atoms with Gasteiger partial charge >= 0.3 is 0 Å². The third kappa shape index (κ3) is 3.09. The summed E-state index contributed by atoms with van der Waals surface area (Å²) in [6, 6.07) is 11.1. The van der Waals surface area contributed by atoms with Crippen LogP contribution in [-0.4, -0.2) is 29.1 Å². The topological polar surface area (TPSA) is 15.3 Å². The lowest BCUT2D eigenvalue weighted by Crippen LogP contribution is -2.69. The number of benzene rings is 1. The van der Waals surface area contributed by atoms with E-state index in [4.69, 9.17) is 0 Å². The third-order valence-corrected chi connectivity index (χ3v) is 6.31. The van der Waals surface area contributed by atoms with E-state index in [9.17, 15) is 0 Å². The maximum atomic E-state index is 3.97. The van der Waals surface area contributed by atoms with E-state index in [0.29, 0.717) is 11.1 Å². The van der Waals surface area contributed by atoms with Crippen molar-refractivity contribution in [1.29, 1.82) is 0 Å². The Labute approximate surface area is 136 Å². The summed E-state index contributed by atoms with van der Waals surface area (Å²) >= 11 is 0. The predicted octanol–water partition coefficient (Wildman–Crippen LogP) is 4.35. The molecule has 1 aliphatic carbocycles. The second-order valence-electron chi connectivity index (χ2n) is 7.47. The van der Waals surface area contributed by atoms with E-state index in [1.165, 1.54) is 63.6 Å². The molecule has 1 heterocycles. The second-order valence-corrected chi connectivity index (χ2v) is 7.47. The monoisotopic (exact) mass is 300 g/mol. The number of nitrogens with zero attached hydrogens (tertiary/aromatic N) is 1. The Balaban J connectivity index is 1.84. The number of nitrogens with one attached hydrogen (secondary N) is 1. The largest absolute Gasteiger partial charge is 0.308 e. The van der Waals surface area contributed by atoms with Gasteiger partial charge in [0.25, 0.3) is 0 Å². The van der Waals surface area contributed by atoms with Crippen LogP contribution in [-0.2, 0) is 6.54 Å². The van der Waals surface area contributed by atoms with Crippen molar-refractivity contribution in [2.45, 2.75) is 76.4 Å². The molecule has 122 valence electrons. The molecule has 0 bridgehead atoms. The molecular weight excluding hydrogens is 268 g/mol. The van der Waals surface area contributed by atoms with E-state index in [1.807, 2.05) is 0 Å². The predicted molar refractivity (Wildman–Crippen MR) is 94.0 cm³/mol. The summed E-state index contributed by atoms with van der Waals surface area (Å²) in [4.78, 5) is 2.84. The molecule has 0 unspecified atom stereocenters. The van der Waals surface area contributed by atoms with Gasteiger partial charge in [0, 0.05) is 30.7 Å². The van der Waals surface area contributed by atoms with Crippen LogP contribution in [0.2, 0.25) is 0 Å². The Bertz CT molecular complexity index is 458. The first-order valence-corrected chi connectivity index (χ1v) is 9.26. The first kappa shape index (κ1) is 16.0. The Hall–Kier alpha value is -0.860. The lowest BCUT2D eigenvalue weighted by Gasteiger charge is -2.56. The van der Waals surface area contributed by atoms with Crippen LogP contribution in [0.5, 0.6) is 0 Å². The Kier molecular flexibility index (Phi) is 4.89. The van der Waals surface area contributed by atoms with Crippen molar-refractivity contribution in [2.75, 3.05) is 13.1 Å². The number of rotatable bonds is 4. The highest BCUT2D eigenvalue weighted by Crippen LogP contribution is 2.39. The summed E-state index contributed by atoms with van der Waals surface area (Å²) in [5.74, 6) is 0. The molecule has 0 radical (unpaired) electrons. The first-order valence-electron chi connectivity index (χ1n) is 9.26. The van der Waals surface area contributed by atoms with Gasteiger partial charge in [-0.2, -0.15) is 0 Å². The fourth-order valence-electron chi connectivity index (χ4n) is 4.51. The summed E-state index contributed by atoms with van der Waals surface area (Å²) in [6.07, 6.45) is 9.42. The van der Waals surface area contributed by atoms with E-state index in [0.717, 1.165) is 6.54 Å². The standard InChI is InChI=1S/C20H32N2/c1-3-19(4-2)17-22(15-18-11-7-5-8-12-18)20(16-21-19)13-9-6-10-14-20/h5,7-8,11-12,21H,3-4,6,9-10,13-17H2,1-2H3. The van der Waals surface area contributed by atoms with Crippen molar-refractivity contribution in [3.05, 3.63) is 35.9 Å². The van der Waals surface area contributed by atoms with Crippen LogP contribution in [0, 0.1) is 0 Å². The van der Waals surface area contributed by atoms with Gasteiger partial charge in [0.2, 0.25) is 0 Å². The lowest BCUT2D eigenvalue weighted by atomic mass is 9.75. The Morgan fingerprint density at radius 2 is 1.68 bits per heavy atom. The van der Waals surface area contributed by atoms with Crippen LogP contribution >= 0.6 is 0 Å². The van der Waals surface area contributed by atoms with Crippen molar-refractivity contribution in [1.82, 2.24) is 10.2 Å². The minimum Gasteiger partial charge on any atom is -0.308 e. The van der Waals surface area contributed by atoms with Gasteiger partial charge in [-0.3, -0.25) is 4.90 Å². The average Bonchev–Trinajstić information content (AvgIpc) is 2.59. The molecular formula is C20H32N2. The number of hydrogen-bond acceptors (Lipinski definition) is 2. The van der Waals surface area contributed by atoms with Crippen molar-refractivity contribution < 1.29 is 0 Å². The molecule has 1 N–H and O–H groups in total. The molecule has 1 aromatic rings. The summed E-state index contributed by atoms with van der Waals surface area (Å²) in [7, 11) is 0. The quantitative estimate of drug-likeness (QED) is 0.889. The summed E-state index contributed by atoms with van der Waals surface area (Å²) < 4.78 is 0. The van der Waals surface area contributed by atoms with Gasteiger partial charge in [0.15, 0.2) is 0 Å². The van der Waals surface area contributed by atoms with Gasteiger partial charge < -0.3 is 5.32 Å². The minimum atomic E-state index is 0.317. The number of hydrogen-bond donors (Lipinski definition) is 1. The average molecular weight is 300 g/mol. The fourth-order valence-corrected chi connectivity index (χ4v) is 4.51. The van der Waals surface area contributed by atoms with Gasteiger partial charge in [0.1, 0.15) is 0 Å². The van der Waals surface area contributed by atoms with Crippen LogP contribution < -0.4 is 5.32 Å². The van der Waals surface area contributed by atoms with Crippen LogP contribution in [0.1, 0.15) is 64.4 Å². The van der Waals surface area contributed by atoms with Gasteiger partial charge in [-0.05, 0) is 31.2 Å². The third-order valence-electron chi connectivity index (χ3n) is 6.31. The molecule has 22 heavy (non-hydrogen) atoms.